The molecule has 0 saturated heterocycles. The Morgan fingerprint density at radius 3 is 3.04 bits per heavy atom. The van der Waals surface area contributed by atoms with E-state index in [-0.39, 0.29) is 16.7 Å². The van der Waals surface area contributed by atoms with Gasteiger partial charge in [0, 0.05) is 6.54 Å². The molecular weight excluding hydrogens is 330 g/mol. The molecule has 7 heteroatoms. The average molecular weight is 351 g/mol. The van der Waals surface area contributed by atoms with Crippen LogP contribution in [0.1, 0.15) is 39.0 Å². The van der Waals surface area contributed by atoms with Gasteiger partial charge in [-0.1, -0.05) is 31.0 Å². The van der Waals surface area contributed by atoms with Gasteiger partial charge in [-0.2, -0.15) is 0 Å². The van der Waals surface area contributed by atoms with E-state index in [4.69, 9.17) is 0 Å². The van der Waals surface area contributed by atoms with Crippen molar-refractivity contribution in [1.82, 2.24) is 15.3 Å². The van der Waals surface area contributed by atoms with Gasteiger partial charge in [-0.3, -0.25) is 9.59 Å². The highest BCUT2D eigenvalue weighted by Crippen LogP contribution is 2.24. The second-order valence-corrected chi connectivity index (χ2v) is 8.24. The fraction of sp³-hybridized carbons (Fsp3) is 0.562. The van der Waals surface area contributed by atoms with Crippen molar-refractivity contribution in [3.8, 4) is 0 Å². The Balaban J connectivity index is 1.57. The van der Waals surface area contributed by atoms with Crippen LogP contribution in [0.25, 0.3) is 10.2 Å². The molecule has 0 aliphatic heterocycles. The Bertz CT molecular complexity index is 734. The molecule has 0 radical (unpaired) electrons. The van der Waals surface area contributed by atoms with Crippen LogP contribution in [0.15, 0.2) is 21.4 Å². The highest BCUT2D eigenvalue weighted by molar-refractivity contribution is 8.00. The number of nitrogens with one attached hydrogen (secondary N) is 2. The van der Waals surface area contributed by atoms with E-state index in [9.17, 15) is 9.59 Å². The van der Waals surface area contributed by atoms with Crippen molar-refractivity contribution in [2.24, 2.45) is 5.92 Å². The molecule has 0 spiro atoms. The number of carbonyl (C=O) groups excluding carboxylic acids is 1. The first kappa shape index (κ1) is 16.5. The molecule has 2 aromatic rings. The van der Waals surface area contributed by atoms with Gasteiger partial charge in [0.2, 0.25) is 5.91 Å². The van der Waals surface area contributed by atoms with E-state index in [0.29, 0.717) is 21.3 Å². The minimum absolute atomic E-state index is 0.00880. The van der Waals surface area contributed by atoms with Crippen LogP contribution in [-0.4, -0.2) is 27.7 Å². The molecule has 3 rings (SSSR count). The Morgan fingerprint density at radius 1 is 1.48 bits per heavy atom. The molecule has 1 aliphatic rings. The summed E-state index contributed by atoms with van der Waals surface area (Å²) in [6.45, 7) is 2.61. The van der Waals surface area contributed by atoms with Crippen molar-refractivity contribution in [2.75, 3.05) is 6.54 Å². The average Bonchev–Trinajstić information content (AvgIpc) is 3.02. The molecular formula is C16H21N3O2S2. The van der Waals surface area contributed by atoms with E-state index in [1.54, 1.807) is 6.07 Å². The van der Waals surface area contributed by atoms with E-state index in [2.05, 4.69) is 15.3 Å². The number of thioether (sulfide) groups is 1. The molecule has 1 saturated carbocycles. The minimum atomic E-state index is -0.279. The SMILES string of the molecule is C[C@@H](Sc1nc2sccc2c(=O)[nH]1)C(=O)NCC1CCCCC1. The molecule has 0 bridgehead atoms. The van der Waals surface area contributed by atoms with E-state index in [1.807, 2.05) is 12.3 Å². The zero-order valence-electron chi connectivity index (χ0n) is 13.1. The van der Waals surface area contributed by atoms with Gasteiger partial charge in [0.25, 0.3) is 5.56 Å². The van der Waals surface area contributed by atoms with Gasteiger partial charge in [-0.15, -0.1) is 11.3 Å². The lowest BCUT2D eigenvalue weighted by Gasteiger charge is -2.22. The normalized spacial score (nSPS) is 17.3. The molecule has 1 fully saturated rings. The number of rotatable bonds is 5. The van der Waals surface area contributed by atoms with Crippen LogP contribution in [0.3, 0.4) is 0 Å². The molecule has 1 aliphatic carbocycles. The summed E-state index contributed by atoms with van der Waals surface area (Å²) in [5.41, 5.74) is -0.145. The van der Waals surface area contributed by atoms with Crippen LogP contribution in [0, 0.1) is 5.92 Å². The van der Waals surface area contributed by atoms with E-state index >= 15 is 0 Å². The number of carbonyl (C=O) groups is 1. The molecule has 0 unspecified atom stereocenters. The van der Waals surface area contributed by atoms with E-state index in [0.717, 1.165) is 6.54 Å². The first-order chi connectivity index (χ1) is 11.1. The third-order valence-corrected chi connectivity index (χ3v) is 6.05. The third-order valence-electron chi connectivity index (χ3n) is 4.26. The van der Waals surface area contributed by atoms with Crippen LogP contribution in [0.5, 0.6) is 0 Å². The lowest BCUT2D eigenvalue weighted by atomic mass is 9.89. The fourth-order valence-corrected chi connectivity index (χ4v) is 4.55. The van der Waals surface area contributed by atoms with Crippen LogP contribution >= 0.6 is 23.1 Å². The first-order valence-corrected chi connectivity index (χ1v) is 9.81. The Kier molecular flexibility index (Phi) is 5.38. The van der Waals surface area contributed by atoms with Gasteiger partial charge < -0.3 is 10.3 Å². The summed E-state index contributed by atoms with van der Waals surface area (Å²) in [6.07, 6.45) is 6.30. The van der Waals surface area contributed by atoms with Gasteiger partial charge in [0.15, 0.2) is 5.16 Å². The van der Waals surface area contributed by atoms with Crippen molar-refractivity contribution in [2.45, 2.75) is 49.4 Å². The number of hydrogen-bond donors (Lipinski definition) is 2. The predicted molar refractivity (Wildman–Crippen MR) is 95.1 cm³/mol. The maximum atomic E-state index is 12.2. The van der Waals surface area contributed by atoms with Crippen molar-refractivity contribution in [3.05, 3.63) is 21.8 Å². The Morgan fingerprint density at radius 2 is 2.26 bits per heavy atom. The quantitative estimate of drug-likeness (QED) is 0.641. The fourth-order valence-electron chi connectivity index (χ4n) is 2.90. The van der Waals surface area contributed by atoms with E-state index in [1.165, 1.54) is 55.2 Å². The topological polar surface area (TPSA) is 74.8 Å². The molecule has 1 atom stereocenters. The number of fused-ring (bicyclic) bond motifs is 1. The summed E-state index contributed by atoms with van der Waals surface area (Å²) in [4.78, 5) is 32.1. The van der Waals surface area contributed by atoms with Gasteiger partial charge >= 0.3 is 0 Å². The molecule has 124 valence electrons. The number of thiophene rings is 1. The molecule has 23 heavy (non-hydrogen) atoms. The number of nitrogens with zero attached hydrogens (tertiary/aromatic N) is 1. The largest absolute Gasteiger partial charge is 0.355 e. The lowest BCUT2D eigenvalue weighted by Crippen LogP contribution is -2.35. The summed E-state index contributed by atoms with van der Waals surface area (Å²) in [7, 11) is 0. The second-order valence-electron chi connectivity index (χ2n) is 6.02. The Labute approximate surface area is 143 Å². The van der Waals surface area contributed by atoms with Gasteiger partial charge in [0.05, 0.1) is 10.6 Å². The molecule has 2 N–H and O–H groups in total. The number of amides is 1. The molecule has 1 amide bonds. The first-order valence-electron chi connectivity index (χ1n) is 8.05. The lowest BCUT2D eigenvalue weighted by molar-refractivity contribution is -0.120. The standard InChI is InChI=1S/C16H21N3O2S2/c1-10(13(20)17-9-11-5-3-2-4-6-11)23-16-18-14(21)12-7-8-22-15(12)19-16/h7-8,10-11H,2-6,9H2,1H3,(H,17,20)(H,18,19,21)/t10-/m1/s1. The monoisotopic (exact) mass is 351 g/mol. The van der Waals surface area contributed by atoms with Gasteiger partial charge in [-0.25, -0.2) is 4.98 Å². The van der Waals surface area contributed by atoms with Gasteiger partial charge in [-0.05, 0) is 37.1 Å². The summed E-state index contributed by atoms with van der Waals surface area (Å²) in [5, 5.41) is 5.72. The molecule has 2 aromatic heterocycles. The van der Waals surface area contributed by atoms with Crippen molar-refractivity contribution >= 4 is 39.2 Å². The minimum Gasteiger partial charge on any atom is -0.355 e. The zero-order chi connectivity index (χ0) is 16.2. The predicted octanol–water partition coefficient (Wildman–Crippen LogP) is 3.16. The summed E-state index contributed by atoms with van der Waals surface area (Å²) in [6, 6.07) is 1.76. The number of aromatic amines is 1. The molecule has 0 aromatic carbocycles. The van der Waals surface area contributed by atoms with Crippen molar-refractivity contribution in [3.63, 3.8) is 0 Å². The number of hydrogen-bond acceptors (Lipinski definition) is 5. The van der Waals surface area contributed by atoms with Crippen LogP contribution in [0.2, 0.25) is 0 Å². The van der Waals surface area contributed by atoms with Crippen molar-refractivity contribution in [1.29, 1.82) is 0 Å². The number of aromatic nitrogens is 2. The van der Waals surface area contributed by atoms with Gasteiger partial charge in [0.1, 0.15) is 4.83 Å². The maximum Gasteiger partial charge on any atom is 0.260 e. The van der Waals surface area contributed by atoms with Crippen LogP contribution < -0.4 is 10.9 Å². The second kappa shape index (κ2) is 7.49. The summed E-state index contributed by atoms with van der Waals surface area (Å²) < 4.78 is 0. The van der Waals surface area contributed by atoms with E-state index < -0.39 is 0 Å². The summed E-state index contributed by atoms with van der Waals surface area (Å²) in [5.74, 6) is 0.625. The third kappa shape index (κ3) is 4.14. The molecule has 2 heterocycles. The summed E-state index contributed by atoms with van der Waals surface area (Å²) >= 11 is 2.73. The highest BCUT2D eigenvalue weighted by Gasteiger charge is 2.19. The van der Waals surface area contributed by atoms with Crippen LogP contribution in [0.4, 0.5) is 0 Å². The Hall–Kier alpha value is -1.34. The van der Waals surface area contributed by atoms with Crippen molar-refractivity contribution < 1.29 is 4.79 Å². The zero-order valence-corrected chi connectivity index (χ0v) is 14.8. The van der Waals surface area contributed by atoms with Crippen LogP contribution in [-0.2, 0) is 4.79 Å². The highest BCUT2D eigenvalue weighted by atomic mass is 32.2. The smallest absolute Gasteiger partial charge is 0.260 e. The maximum absolute atomic E-state index is 12.2. The molecule has 5 nitrogen and oxygen atoms in total. The number of H-pyrrole nitrogens is 1.